The van der Waals surface area contributed by atoms with Crippen LogP contribution < -0.4 is 7.42 Å². The van der Waals surface area contributed by atoms with Gasteiger partial charge in [-0.2, -0.15) is 0 Å². The molecular weight excluding hydrogens is 505 g/mol. The summed E-state index contributed by atoms with van der Waals surface area (Å²) in [4.78, 5) is 0. The molecule has 0 fully saturated rings. The van der Waals surface area contributed by atoms with Crippen molar-refractivity contribution in [1.29, 1.82) is 0 Å². The Morgan fingerprint density at radius 1 is 0.960 bits per heavy atom. The zero-order valence-electron chi connectivity index (χ0n) is 16.1. The van der Waals surface area contributed by atoms with Gasteiger partial charge in [0.25, 0.3) is 0 Å². The first kappa shape index (κ1) is 18.7. The molecule has 0 aliphatic carbocycles. The first-order valence-electron chi connectivity index (χ1n) is 8.84. The van der Waals surface area contributed by atoms with Crippen LogP contribution in [-0.4, -0.2) is 26.8 Å². The Hall–Kier alpha value is -1.08. The molecule has 0 saturated carbocycles. The summed E-state index contributed by atoms with van der Waals surface area (Å²) in [6.45, 7) is 13.6. The van der Waals surface area contributed by atoms with Crippen molar-refractivity contribution in [2.75, 3.05) is 0 Å². The fraction of sp³-hybridized carbons (Fsp3) is 0.429. The quantitative estimate of drug-likeness (QED) is 0.517. The van der Waals surface area contributed by atoms with Crippen LogP contribution in [0, 0.1) is 6.92 Å². The molecule has 0 aromatic heterocycles. The molecule has 0 radical (unpaired) electrons. The average Bonchev–Trinajstić information content (AvgIpc) is 2.55. The molecule has 0 spiro atoms. The van der Waals surface area contributed by atoms with E-state index in [0.717, 1.165) is 22.6 Å². The minimum absolute atomic E-state index is 0.0230. The summed E-state index contributed by atoms with van der Waals surface area (Å²) >= 11 is -3.02. The molecule has 1 aliphatic heterocycles. The number of ether oxygens (including phenoxy) is 1. The molecule has 0 saturated heterocycles. The van der Waals surface area contributed by atoms with Crippen molar-refractivity contribution in [2.24, 2.45) is 0 Å². The van der Waals surface area contributed by atoms with E-state index in [1.54, 1.807) is 0 Å². The molecular formula is C21H27O3Tl. The van der Waals surface area contributed by atoms with Crippen molar-refractivity contribution in [1.82, 2.24) is 0 Å². The van der Waals surface area contributed by atoms with Gasteiger partial charge >= 0.3 is 161 Å². The van der Waals surface area contributed by atoms with Crippen LogP contribution in [-0.2, 0) is 14.7 Å². The summed E-state index contributed by atoms with van der Waals surface area (Å²) in [5.41, 5.74) is 3.53. The molecule has 4 heteroatoms. The maximum atomic E-state index is 6.59. The van der Waals surface area contributed by atoms with Crippen molar-refractivity contribution >= 4 is 23.6 Å². The van der Waals surface area contributed by atoms with Gasteiger partial charge in [0, 0.05) is 0 Å². The molecule has 25 heavy (non-hydrogen) atoms. The summed E-state index contributed by atoms with van der Waals surface area (Å²) < 4.78 is 18.7. The molecule has 132 valence electrons. The Morgan fingerprint density at radius 3 is 2.40 bits per heavy atom. The van der Waals surface area contributed by atoms with Crippen molar-refractivity contribution in [3.05, 3.63) is 59.2 Å². The van der Waals surface area contributed by atoms with E-state index in [4.69, 9.17) is 10.1 Å². The second kappa shape index (κ2) is 6.91. The van der Waals surface area contributed by atoms with Gasteiger partial charge in [-0.05, 0) is 0 Å². The van der Waals surface area contributed by atoms with E-state index in [-0.39, 0.29) is 5.41 Å². The number of rotatable bonds is 3. The molecule has 0 unspecified atom stereocenters. The summed E-state index contributed by atoms with van der Waals surface area (Å²) in [7, 11) is 0. The molecule has 0 bridgehead atoms. The van der Waals surface area contributed by atoms with Crippen LogP contribution in [0.5, 0.6) is 11.5 Å². The van der Waals surface area contributed by atoms with E-state index in [0.29, 0.717) is 6.61 Å². The van der Waals surface area contributed by atoms with Crippen LogP contribution in [0.25, 0.3) is 0 Å². The van der Waals surface area contributed by atoms with Crippen LogP contribution >= 0.6 is 0 Å². The second-order valence-corrected chi connectivity index (χ2v) is 18.5. The zero-order valence-corrected chi connectivity index (χ0v) is 20.5. The molecule has 1 heterocycles. The number of para-hydroxylation sites is 2. The Bertz CT molecular complexity index is 762. The number of fused-ring (bicyclic) bond motifs is 1. The summed E-state index contributed by atoms with van der Waals surface area (Å²) in [6.07, 6.45) is 0. The maximum absolute atomic E-state index is 6.59. The molecule has 1 aliphatic rings. The van der Waals surface area contributed by atoms with Gasteiger partial charge in [-0.1, -0.05) is 0 Å². The van der Waals surface area contributed by atoms with Crippen LogP contribution in [0.1, 0.15) is 51.3 Å². The first-order chi connectivity index (χ1) is 11.7. The Morgan fingerprint density at radius 2 is 1.68 bits per heavy atom. The van der Waals surface area contributed by atoms with Gasteiger partial charge in [0.15, 0.2) is 0 Å². The zero-order chi connectivity index (χ0) is 18.2. The minimum atomic E-state index is -3.02. The molecule has 2 aromatic carbocycles. The Labute approximate surface area is 160 Å². The van der Waals surface area contributed by atoms with Crippen molar-refractivity contribution in [3.63, 3.8) is 0 Å². The number of hydrogen-bond acceptors (Lipinski definition) is 3. The third-order valence-electron chi connectivity index (χ3n) is 4.55. The topological polar surface area (TPSA) is 27.7 Å². The monoisotopic (exact) mass is 532 g/mol. The number of aryl methyl sites for hydroxylation is 1. The third-order valence-corrected chi connectivity index (χ3v) is 13.1. The van der Waals surface area contributed by atoms with Gasteiger partial charge in [-0.3, -0.25) is 0 Å². The van der Waals surface area contributed by atoms with E-state index in [1.807, 2.05) is 18.2 Å². The Balaban J connectivity index is 1.88. The van der Waals surface area contributed by atoms with Crippen LogP contribution in [0.15, 0.2) is 42.5 Å². The summed E-state index contributed by atoms with van der Waals surface area (Å²) in [5.74, 6) is 1.95. The normalized spacial score (nSPS) is 14.7. The molecule has 0 N–H and O–H groups in total. The predicted octanol–water partition coefficient (Wildman–Crippen LogP) is 5.09. The van der Waals surface area contributed by atoms with Gasteiger partial charge in [-0.15, -0.1) is 0 Å². The van der Waals surface area contributed by atoms with Crippen LogP contribution in [0.3, 0.4) is 0 Å². The van der Waals surface area contributed by atoms with Crippen LogP contribution in [0.2, 0.25) is 0 Å². The first-order valence-corrected chi connectivity index (χ1v) is 14.7. The SMILES string of the molecule is Cc1cccc(C(C)(C)C)c1O[C](C)(C)[Tl]1[O]Cc2ccccc2[O]1. The van der Waals surface area contributed by atoms with Crippen molar-refractivity contribution < 1.29 is 10.1 Å². The average molecular weight is 532 g/mol. The van der Waals surface area contributed by atoms with E-state index in [2.05, 4.69) is 65.8 Å². The Kier molecular flexibility index (Phi) is 5.17. The molecule has 2 aromatic rings. The van der Waals surface area contributed by atoms with Gasteiger partial charge < -0.3 is 0 Å². The predicted molar refractivity (Wildman–Crippen MR) is 102 cm³/mol. The van der Waals surface area contributed by atoms with Crippen molar-refractivity contribution in [2.45, 2.75) is 56.7 Å². The number of benzene rings is 2. The third kappa shape index (κ3) is 4.03. The summed E-state index contributed by atoms with van der Waals surface area (Å²) in [6, 6.07) is 14.5. The van der Waals surface area contributed by atoms with Gasteiger partial charge in [0.05, 0.1) is 0 Å². The number of hydrogen-bond donors (Lipinski definition) is 0. The van der Waals surface area contributed by atoms with Gasteiger partial charge in [-0.25, -0.2) is 0 Å². The fourth-order valence-corrected chi connectivity index (χ4v) is 9.92. The van der Waals surface area contributed by atoms with Gasteiger partial charge in [0.2, 0.25) is 0 Å². The second-order valence-electron chi connectivity index (χ2n) is 8.28. The van der Waals surface area contributed by atoms with Gasteiger partial charge in [0.1, 0.15) is 0 Å². The molecule has 3 rings (SSSR count). The van der Waals surface area contributed by atoms with E-state index in [1.165, 1.54) is 5.56 Å². The molecule has 0 atom stereocenters. The van der Waals surface area contributed by atoms with E-state index in [9.17, 15) is 0 Å². The van der Waals surface area contributed by atoms with E-state index < -0.39 is 26.8 Å². The van der Waals surface area contributed by atoms with E-state index >= 15 is 0 Å². The fourth-order valence-electron chi connectivity index (χ4n) is 3.09. The molecule has 0 amide bonds. The molecule has 3 nitrogen and oxygen atoms in total. The van der Waals surface area contributed by atoms with Crippen LogP contribution in [0.4, 0.5) is 0 Å². The standard InChI is InChI=1S/C14H21O.C7H7O2.Tl/c1-10(2)15-13-11(3)8-7-9-12(13)14(4,5)6;8-5-6-3-1-2-4-7(6)9;/h7-9H,1-6H3;1-4,9H,5H2;/q;-1;+2/p-1. The van der Waals surface area contributed by atoms with Crippen molar-refractivity contribution in [3.8, 4) is 11.5 Å². The summed E-state index contributed by atoms with van der Waals surface area (Å²) in [5, 5.41) is 0.